The third-order valence-corrected chi connectivity index (χ3v) is 7.87. The van der Waals surface area contributed by atoms with E-state index in [9.17, 15) is 19.5 Å². The van der Waals surface area contributed by atoms with E-state index in [1.165, 1.54) is 0 Å². The molecular formula is C28H34N2O5. The van der Waals surface area contributed by atoms with Crippen molar-refractivity contribution in [1.82, 2.24) is 10.2 Å². The minimum Gasteiger partial charge on any atom is -0.481 e. The van der Waals surface area contributed by atoms with Crippen LogP contribution in [0.2, 0.25) is 0 Å². The molecule has 0 spiro atoms. The van der Waals surface area contributed by atoms with Crippen molar-refractivity contribution in [3.05, 3.63) is 59.7 Å². The van der Waals surface area contributed by atoms with Gasteiger partial charge >= 0.3 is 12.1 Å². The molecule has 7 nitrogen and oxygen atoms in total. The summed E-state index contributed by atoms with van der Waals surface area (Å²) in [6.45, 7) is 6.14. The van der Waals surface area contributed by atoms with Gasteiger partial charge in [0.1, 0.15) is 12.1 Å². The van der Waals surface area contributed by atoms with Crippen LogP contribution in [-0.2, 0) is 14.3 Å². The molecule has 1 saturated heterocycles. The van der Waals surface area contributed by atoms with Crippen molar-refractivity contribution in [1.29, 1.82) is 0 Å². The van der Waals surface area contributed by atoms with Gasteiger partial charge in [0, 0.05) is 18.5 Å². The van der Waals surface area contributed by atoms with Gasteiger partial charge in [-0.3, -0.25) is 9.59 Å². The molecule has 35 heavy (non-hydrogen) atoms. The van der Waals surface area contributed by atoms with Crippen molar-refractivity contribution in [3.63, 3.8) is 0 Å². The molecule has 0 saturated carbocycles. The molecule has 2 unspecified atom stereocenters. The van der Waals surface area contributed by atoms with Crippen molar-refractivity contribution in [2.24, 2.45) is 5.92 Å². The molecule has 2 aromatic carbocycles. The van der Waals surface area contributed by atoms with Crippen LogP contribution in [0.25, 0.3) is 11.1 Å². The first-order valence-electron chi connectivity index (χ1n) is 12.5. The van der Waals surface area contributed by atoms with Gasteiger partial charge in [-0.25, -0.2) is 4.79 Å². The highest BCUT2D eigenvalue weighted by Gasteiger charge is 2.45. The number of amides is 2. The number of hydrogen-bond acceptors (Lipinski definition) is 4. The molecule has 0 radical (unpaired) electrons. The summed E-state index contributed by atoms with van der Waals surface area (Å²) in [6.07, 6.45) is 1.30. The Morgan fingerprint density at radius 1 is 1.03 bits per heavy atom. The average Bonchev–Trinajstić information content (AvgIpc) is 3.19. The number of rotatable bonds is 7. The van der Waals surface area contributed by atoms with Crippen molar-refractivity contribution in [3.8, 4) is 11.1 Å². The Morgan fingerprint density at radius 3 is 2.14 bits per heavy atom. The van der Waals surface area contributed by atoms with Crippen LogP contribution in [0.1, 0.15) is 63.5 Å². The summed E-state index contributed by atoms with van der Waals surface area (Å²) in [6, 6.07) is 15.8. The number of alkyl carbamates (subject to hydrolysis) is 1. The lowest BCUT2D eigenvalue weighted by molar-refractivity contribution is -0.152. The van der Waals surface area contributed by atoms with Gasteiger partial charge in [0.05, 0.1) is 5.92 Å². The smallest absolute Gasteiger partial charge is 0.408 e. The first kappa shape index (κ1) is 24.8. The molecule has 2 aromatic rings. The number of aliphatic carboxylic acids is 1. The second kappa shape index (κ2) is 10.1. The Hall–Kier alpha value is -3.35. The normalized spacial score (nSPS) is 19.6. The maximum Gasteiger partial charge on any atom is 0.408 e. The van der Waals surface area contributed by atoms with E-state index >= 15 is 0 Å². The first-order valence-corrected chi connectivity index (χ1v) is 12.5. The fourth-order valence-electron chi connectivity index (χ4n) is 5.65. The summed E-state index contributed by atoms with van der Waals surface area (Å²) < 4.78 is 5.71. The zero-order valence-corrected chi connectivity index (χ0v) is 20.6. The van der Waals surface area contributed by atoms with Crippen LogP contribution in [0.5, 0.6) is 0 Å². The molecule has 1 heterocycles. The molecule has 1 aliphatic carbocycles. The largest absolute Gasteiger partial charge is 0.481 e. The summed E-state index contributed by atoms with van der Waals surface area (Å²) in [5.74, 6) is -1.80. The van der Waals surface area contributed by atoms with Crippen LogP contribution in [0.4, 0.5) is 4.79 Å². The summed E-state index contributed by atoms with van der Waals surface area (Å²) in [5.41, 5.74) is 3.40. The lowest BCUT2D eigenvalue weighted by Gasteiger charge is -2.43. The lowest BCUT2D eigenvalue weighted by atomic mass is 9.85. The van der Waals surface area contributed by atoms with Crippen molar-refractivity contribution in [2.75, 3.05) is 13.2 Å². The van der Waals surface area contributed by atoms with E-state index in [-0.39, 0.29) is 18.4 Å². The van der Waals surface area contributed by atoms with Crippen LogP contribution in [-0.4, -0.2) is 52.7 Å². The molecule has 186 valence electrons. The fraction of sp³-hybridized carbons (Fsp3) is 0.464. The molecular weight excluding hydrogens is 444 g/mol. The van der Waals surface area contributed by atoms with E-state index < -0.39 is 29.6 Å². The molecule has 1 aliphatic heterocycles. The second-order valence-electron chi connectivity index (χ2n) is 9.57. The van der Waals surface area contributed by atoms with Gasteiger partial charge < -0.3 is 20.1 Å². The summed E-state index contributed by atoms with van der Waals surface area (Å²) in [7, 11) is 0. The highest BCUT2D eigenvalue weighted by molar-refractivity contribution is 5.91. The number of ether oxygens (including phenoxy) is 1. The third-order valence-electron chi connectivity index (χ3n) is 7.87. The Kier molecular flexibility index (Phi) is 7.15. The standard InChI is InChI=1S/C28H34N2O5/c1-4-28(5-2,26(33)30-16-10-15-19(18(30)3)25(31)32)29-27(34)35-17-24-22-13-8-6-11-20(22)21-12-7-9-14-23(21)24/h6-9,11-14,18-19,24H,4-5,10,15-17H2,1-3H3,(H,29,34)(H,31,32). The quantitative estimate of drug-likeness (QED) is 0.596. The number of carboxylic acid groups (broad SMARTS) is 1. The van der Waals surface area contributed by atoms with Gasteiger partial charge in [0.15, 0.2) is 0 Å². The molecule has 1 fully saturated rings. The van der Waals surface area contributed by atoms with Crippen LogP contribution in [0.3, 0.4) is 0 Å². The summed E-state index contributed by atoms with van der Waals surface area (Å²) in [5, 5.41) is 12.4. The van der Waals surface area contributed by atoms with Crippen molar-refractivity contribution in [2.45, 2.75) is 64.0 Å². The van der Waals surface area contributed by atoms with Gasteiger partial charge in [-0.05, 0) is 54.9 Å². The Balaban J connectivity index is 1.48. The number of piperidine rings is 1. The number of fused-ring (bicyclic) bond motifs is 3. The predicted octanol–water partition coefficient (Wildman–Crippen LogP) is 4.80. The van der Waals surface area contributed by atoms with E-state index in [4.69, 9.17) is 4.74 Å². The molecule has 4 rings (SSSR count). The van der Waals surface area contributed by atoms with E-state index in [2.05, 4.69) is 29.6 Å². The highest BCUT2D eigenvalue weighted by atomic mass is 16.5. The molecule has 2 aliphatic rings. The third kappa shape index (κ3) is 4.51. The van der Waals surface area contributed by atoms with Crippen molar-refractivity contribution < 1.29 is 24.2 Å². The predicted molar refractivity (Wildman–Crippen MR) is 133 cm³/mol. The first-order chi connectivity index (χ1) is 16.8. The number of carboxylic acids is 1. The van der Waals surface area contributed by atoms with Crippen LogP contribution in [0.15, 0.2) is 48.5 Å². The fourth-order valence-corrected chi connectivity index (χ4v) is 5.65. The van der Waals surface area contributed by atoms with E-state index in [0.717, 1.165) is 22.3 Å². The minimum atomic E-state index is -1.14. The van der Waals surface area contributed by atoms with Crippen LogP contribution >= 0.6 is 0 Å². The molecule has 2 amide bonds. The number of nitrogens with one attached hydrogen (secondary N) is 1. The molecule has 0 aromatic heterocycles. The van der Waals surface area contributed by atoms with Crippen molar-refractivity contribution >= 4 is 18.0 Å². The van der Waals surface area contributed by atoms with Gasteiger partial charge in [0.25, 0.3) is 0 Å². The molecule has 2 N–H and O–H groups in total. The molecule has 2 atom stereocenters. The van der Waals surface area contributed by atoms with Crippen LogP contribution in [0, 0.1) is 5.92 Å². The average molecular weight is 479 g/mol. The zero-order chi connectivity index (χ0) is 25.2. The Morgan fingerprint density at radius 2 is 1.60 bits per heavy atom. The van der Waals surface area contributed by atoms with E-state index in [0.29, 0.717) is 32.2 Å². The number of carbonyl (C=O) groups is 3. The minimum absolute atomic E-state index is 0.0695. The van der Waals surface area contributed by atoms with Gasteiger partial charge in [-0.2, -0.15) is 0 Å². The maximum atomic E-state index is 13.6. The number of nitrogens with zero attached hydrogens (tertiary/aromatic N) is 1. The zero-order valence-electron chi connectivity index (χ0n) is 20.6. The summed E-state index contributed by atoms with van der Waals surface area (Å²) in [4.78, 5) is 39.9. The van der Waals surface area contributed by atoms with Gasteiger partial charge in [-0.15, -0.1) is 0 Å². The molecule has 7 heteroatoms. The monoisotopic (exact) mass is 478 g/mol. The second-order valence-corrected chi connectivity index (χ2v) is 9.57. The lowest BCUT2D eigenvalue weighted by Crippen LogP contribution is -2.63. The van der Waals surface area contributed by atoms with Gasteiger partial charge in [-0.1, -0.05) is 62.4 Å². The van der Waals surface area contributed by atoms with E-state index in [1.807, 2.05) is 38.1 Å². The Bertz CT molecular complexity index is 1060. The van der Waals surface area contributed by atoms with Gasteiger partial charge in [0.2, 0.25) is 5.91 Å². The maximum absolute atomic E-state index is 13.6. The summed E-state index contributed by atoms with van der Waals surface area (Å²) >= 11 is 0. The molecule has 0 bridgehead atoms. The van der Waals surface area contributed by atoms with Crippen LogP contribution < -0.4 is 5.32 Å². The highest BCUT2D eigenvalue weighted by Crippen LogP contribution is 2.44. The topological polar surface area (TPSA) is 95.9 Å². The number of hydrogen-bond donors (Lipinski definition) is 2. The number of benzene rings is 2. The number of likely N-dealkylation sites (tertiary alicyclic amines) is 1. The SMILES string of the molecule is CCC(CC)(NC(=O)OCC1c2ccccc2-c2ccccc21)C(=O)N1CCCC(C(=O)O)C1C. The Labute approximate surface area is 206 Å². The number of carbonyl (C=O) groups excluding carboxylic acids is 2. The van der Waals surface area contributed by atoms with E-state index in [1.54, 1.807) is 11.8 Å².